The number of rotatable bonds is 5. The van der Waals surface area contributed by atoms with Crippen LogP contribution in [0.3, 0.4) is 0 Å². The van der Waals surface area contributed by atoms with Crippen molar-refractivity contribution in [3.63, 3.8) is 0 Å². The minimum atomic E-state index is 0.501. The molecule has 98 valence electrons. The van der Waals surface area contributed by atoms with E-state index in [-0.39, 0.29) is 0 Å². The Morgan fingerprint density at radius 1 is 1.22 bits per heavy atom. The number of hydrogen-bond donors (Lipinski definition) is 0. The van der Waals surface area contributed by atoms with E-state index in [4.69, 9.17) is 0 Å². The number of aromatic nitrogens is 4. The highest BCUT2D eigenvalue weighted by molar-refractivity contribution is 5.05. The molecule has 0 amide bonds. The molecule has 0 aliphatic carbocycles. The average Bonchev–Trinajstić information content (AvgIpc) is 2.94. The fourth-order valence-corrected chi connectivity index (χ4v) is 2.13. The molecule has 0 N–H and O–H groups in total. The molecular weight excluding hydrogens is 224 g/mol. The number of hydrogen-bond acceptors (Lipinski definition) is 2. The summed E-state index contributed by atoms with van der Waals surface area (Å²) in [6.07, 6.45) is 9.01. The normalized spacial score (nSPS) is 13.2. The van der Waals surface area contributed by atoms with Crippen LogP contribution in [0.4, 0.5) is 0 Å². The molecule has 0 aliphatic rings. The third-order valence-corrected chi connectivity index (χ3v) is 3.42. The van der Waals surface area contributed by atoms with Gasteiger partial charge in [0.05, 0.1) is 18.3 Å². The Kier molecular flexibility index (Phi) is 3.84. The van der Waals surface area contributed by atoms with Crippen LogP contribution >= 0.6 is 0 Å². The van der Waals surface area contributed by atoms with Gasteiger partial charge in [-0.2, -0.15) is 0 Å². The molecule has 0 aromatic carbocycles. The van der Waals surface area contributed by atoms with E-state index in [1.54, 1.807) is 0 Å². The van der Waals surface area contributed by atoms with Crippen molar-refractivity contribution >= 4 is 0 Å². The SMILES string of the molecule is CC(C)c1cn(CCC(C)c2cncn2C)cn1. The molecule has 0 radical (unpaired) electrons. The third-order valence-electron chi connectivity index (χ3n) is 3.42. The van der Waals surface area contributed by atoms with Crippen molar-refractivity contribution in [2.24, 2.45) is 7.05 Å². The van der Waals surface area contributed by atoms with E-state index < -0.39 is 0 Å². The number of imidazole rings is 2. The molecule has 0 aliphatic heterocycles. The summed E-state index contributed by atoms with van der Waals surface area (Å²) < 4.78 is 4.28. The van der Waals surface area contributed by atoms with Crippen molar-refractivity contribution in [3.8, 4) is 0 Å². The summed E-state index contributed by atoms with van der Waals surface area (Å²) in [4.78, 5) is 8.59. The average molecular weight is 246 g/mol. The zero-order chi connectivity index (χ0) is 13.1. The number of nitrogens with zero attached hydrogens (tertiary/aromatic N) is 4. The molecule has 2 aromatic rings. The largest absolute Gasteiger partial charge is 0.337 e. The Morgan fingerprint density at radius 3 is 2.56 bits per heavy atom. The van der Waals surface area contributed by atoms with Gasteiger partial charge in [-0.05, 0) is 18.3 Å². The van der Waals surface area contributed by atoms with Crippen LogP contribution in [0.2, 0.25) is 0 Å². The van der Waals surface area contributed by atoms with Crippen LogP contribution in [0, 0.1) is 0 Å². The molecule has 0 saturated heterocycles. The van der Waals surface area contributed by atoms with Crippen LogP contribution in [-0.2, 0) is 13.6 Å². The maximum Gasteiger partial charge on any atom is 0.0949 e. The molecule has 4 heteroatoms. The second-order valence-corrected chi connectivity index (χ2v) is 5.31. The molecule has 18 heavy (non-hydrogen) atoms. The molecule has 0 saturated carbocycles. The van der Waals surface area contributed by atoms with Crippen molar-refractivity contribution in [2.75, 3.05) is 0 Å². The first-order chi connectivity index (χ1) is 8.58. The summed E-state index contributed by atoms with van der Waals surface area (Å²) in [6, 6.07) is 0. The Bertz CT molecular complexity index is 495. The lowest BCUT2D eigenvalue weighted by Gasteiger charge is -2.12. The summed E-state index contributed by atoms with van der Waals surface area (Å²) in [5.41, 5.74) is 2.46. The van der Waals surface area contributed by atoms with Crippen LogP contribution in [0.1, 0.15) is 50.4 Å². The van der Waals surface area contributed by atoms with Gasteiger partial charge in [0.1, 0.15) is 0 Å². The fraction of sp³-hybridized carbons (Fsp3) is 0.571. The maximum absolute atomic E-state index is 4.42. The van der Waals surface area contributed by atoms with Gasteiger partial charge < -0.3 is 9.13 Å². The Hall–Kier alpha value is -1.58. The smallest absolute Gasteiger partial charge is 0.0949 e. The van der Waals surface area contributed by atoms with Gasteiger partial charge in [0.15, 0.2) is 0 Å². The first kappa shape index (κ1) is 12.9. The summed E-state index contributed by atoms with van der Waals surface area (Å²) >= 11 is 0. The van der Waals surface area contributed by atoms with Crippen LogP contribution in [-0.4, -0.2) is 19.1 Å². The Balaban J connectivity index is 1.93. The highest BCUT2D eigenvalue weighted by Gasteiger charge is 2.10. The Morgan fingerprint density at radius 2 is 2.00 bits per heavy atom. The zero-order valence-electron chi connectivity index (χ0n) is 11.7. The summed E-state index contributed by atoms with van der Waals surface area (Å²) in [5, 5.41) is 0. The van der Waals surface area contributed by atoms with Crippen molar-refractivity contribution in [2.45, 2.75) is 45.6 Å². The highest BCUT2D eigenvalue weighted by Crippen LogP contribution is 2.19. The van der Waals surface area contributed by atoms with Gasteiger partial charge in [-0.25, -0.2) is 9.97 Å². The molecule has 2 rings (SSSR count). The number of aryl methyl sites for hydroxylation is 2. The van der Waals surface area contributed by atoms with Gasteiger partial charge in [-0.3, -0.25) is 0 Å². The molecule has 0 bridgehead atoms. The van der Waals surface area contributed by atoms with E-state index in [0.29, 0.717) is 11.8 Å². The van der Waals surface area contributed by atoms with Crippen LogP contribution in [0.25, 0.3) is 0 Å². The van der Waals surface area contributed by atoms with E-state index in [1.807, 2.05) is 25.9 Å². The fourth-order valence-electron chi connectivity index (χ4n) is 2.13. The summed E-state index contributed by atoms with van der Waals surface area (Å²) in [7, 11) is 2.05. The van der Waals surface area contributed by atoms with E-state index in [1.165, 1.54) is 11.4 Å². The molecule has 1 atom stereocenters. The second kappa shape index (κ2) is 5.38. The van der Waals surface area contributed by atoms with Gasteiger partial charge in [0.25, 0.3) is 0 Å². The van der Waals surface area contributed by atoms with Gasteiger partial charge in [0.2, 0.25) is 0 Å². The van der Waals surface area contributed by atoms with Crippen LogP contribution in [0.15, 0.2) is 25.0 Å². The molecule has 1 unspecified atom stereocenters. The van der Waals surface area contributed by atoms with Crippen molar-refractivity contribution in [1.29, 1.82) is 0 Å². The van der Waals surface area contributed by atoms with Crippen molar-refractivity contribution in [1.82, 2.24) is 19.1 Å². The van der Waals surface area contributed by atoms with Gasteiger partial charge in [0, 0.05) is 31.7 Å². The monoisotopic (exact) mass is 246 g/mol. The standard InChI is InChI=1S/C14H22N4/c1-11(2)13-8-18(10-16-13)6-5-12(3)14-7-15-9-17(14)4/h7-12H,5-6H2,1-4H3. The lowest BCUT2D eigenvalue weighted by atomic mass is 10.0. The predicted molar refractivity (Wildman–Crippen MR) is 72.6 cm³/mol. The molecule has 0 spiro atoms. The van der Waals surface area contributed by atoms with Gasteiger partial charge in [-0.15, -0.1) is 0 Å². The highest BCUT2D eigenvalue weighted by atomic mass is 15.0. The molecule has 4 nitrogen and oxygen atoms in total. The van der Waals surface area contributed by atoms with Crippen LogP contribution < -0.4 is 0 Å². The van der Waals surface area contributed by atoms with Crippen LogP contribution in [0.5, 0.6) is 0 Å². The van der Waals surface area contributed by atoms with E-state index in [2.05, 4.69) is 46.1 Å². The summed E-state index contributed by atoms with van der Waals surface area (Å²) in [5.74, 6) is 1.02. The minimum absolute atomic E-state index is 0.501. The second-order valence-electron chi connectivity index (χ2n) is 5.31. The lowest BCUT2D eigenvalue weighted by Crippen LogP contribution is -2.04. The third kappa shape index (κ3) is 2.81. The van der Waals surface area contributed by atoms with Crippen molar-refractivity contribution in [3.05, 3.63) is 36.4 Å². The van der Waals surface area contributed by atoms with Gasteiger partial charge in [-0.1, -0.05) is 20.8 Å². The van der Waals surface area contributed by atoms with Crippen molar-refractivity contribution < 1.29 is 0 Å². The topological polar surface area (TPSA) is 35.6 Å². The zero-order valence-corrected chi connectivity index (χ0v) is 11.7. The first-order valence-corrected chi connectivity index (χ1v) is 6.55. The molecule has 2 aromatic heterocycles. The molecule has 2 heterocycles. The maximum atomic E-state index is 4.42. The lowest BCUT2D eigenvalue weighted by molar-refractivity contribution is 0.554. The minimum Gasteiger partial charge on any atom is -0.337 e. The Labute approximate surface area is 109 Å². The summed E-state index contributed by atoms with van der Waals surface area (Å²) in [6.45, 7) is 7.60. The molecule has 0 fully saturated rings. The predicted octanol–water partition coefficient (Wildman–Crippen LogP) is 2.93. The molecular formula is C14H22N4. The quantitative estimate of drug-likeness (QED) is 0.813. The first-order valence-electron chi connectivity index (χ1n) is 6.55. The van der Waals surface area contributed by atoms with E-state index >= 15 is 0 Å². The van der Waals surface area contributed by atoms with Gasteiger partial charge >= 0.3 is 0 Å². The van der Waals surface area contributed by atoms with E-state index in [9.17, 15) is 0 Å². The van der Waals surface area contributed by atoms with E-state index in [0.717, 1.165) is 13.0 Å².